The number of urea groups is 1. The van der Waals surface area contributed by atoms with Crippen molar-refractivity contribution in [3.05, 3.63) is 12.2 Å². The van der Waals surface area contributed by atoms with Crippen LogP contribution in [0.5, 0.6) is 0 Å². The van der Waals surface area contributed by atoms with Crippen molar-refractivity contribution in [1.82, 2.24) is 10.6 Å². The third-order valence-electron chi connectivity index (χ3n) is 1.85. The van der Waals surface area contributed by atoms with Gasteiger partial charge < -0.3 is 20.8 Å². The van der Waals surface area contributed by atoms with Gasteiger partial charge in [-0.05, 0) is 13.3 Å². The smallest absolute Gasteiger partial charge is 0.326 e. The lowest BCUT2D eigenvalue weighted by Gasteiger charge is -2.13. The van der Waals surface area contributed by atoms with E-state index < -0.39 is 18.0 Å². The quantitative estimate of drug-likeness (QED) is 0.368. The molecule has 1 atom stereocenters. The van der Waals surface area contributed by atoms with Crippen LogP contribution < -0.4 is 10.6 Å². The van der Waals surface area contributed by atoms with Gasteiger partial charge in [-0.2, -0.15) is 0 Å². The highest BCUT2D eigenvalue weighted by Gasteiger charge is 2.18. The van der Waals surface area contributed by atoms with Crippen LogP contribution in [0.25, 0.3) is 0 Å². The Morgan fingerprint density at radius 2 is 2.12 bits per heavy atom. The van der Waals surface area contributed by atoms with Crippen LogP contribution in [-0.2, 0) is 4.79 Å². The first-order valence-electron chi connectivity index (χ1n) is 5.11. The monoisotopic (exact) mass is 230 g/mol. The van der Waals surface area contributed by atoms with Crippen LogP contribution in [0.3, 0.4) is 0 Å². The zero-order valence-electron chi connectivity index (χ0n) is 9.27. The van der Waals surface area contributed by atoms with Crippen molar-refractivity contribution < 1.29 is 19.8 Å². The average molecular weight is 230 g/mol. The van der Waals surface area contributed by atoms with Gasteiger partial charge in [-0.15, -0.1) is 0 Å². The Hall–Kier alpha value is -1.56. The summed E-state index contributed by atoms with van der Waals surface area (Å²) in [4.78, 5) is 21.8. The molecule has 0 rings (SSSR count). The summed E-state index contributed by atoms with van der Waals surface area (Å²) in [6, 6.07) is -1.59. The zero-order chi connectivity index (χ0) is 12.4. The van der Waals surface area contributed by atoms with Gasteiger partial charge >= 0.3 is 12.0 Å². The van der Waals surface area contributed by atoms with Gasteiger partial charge in [0.15, 0.2) is 0 Å². The van der Waals surface area contributed by atoms with Gasteiger partial charge in [0.05, 0.1) is 0 Å². The van der Waals surface area contributed by atoms with Crippen molar-refractivity contribution in [3.8, 4) is 0 Å². The number of hydrogen-bond acceptors (Lipinski definition) is 3. The molecule has 0 saturated carbocycles. The van der Waals surface area contributed by atoms with E-state index in [2.05, 4.69) is 10.6 Å². The lowest BCUT2D eigenvalue weighted by atomic mass is 10.2. The number of allylic oxidation sites excluding steroid dienone is 1. The minimum absolute atomic E-state index is 0.00236. The fourth-order valence-electron chi connectivity index (χ4n) is 1.03. The second kappa shape index (κ2) is 8.72. The molecule has 0 fully saturated rings. The average Bonchev–Trinajstić information content (AvgIpc) is 2.23. The standard InChI is InChI=1S/C10H18N2O4/c1-2-3-4-6-11-10(16)12-8(5-7-13)9(14)15/h2-3,8,13H,4-7H2,1H3,(H,14,15)(H2,11,12,16)/b3-2+/t8-/m1/s1. The normalized spacial score (nSPS) is 12.4. The van der Waals surface area contributed by atoms with Gasteiger partial charge in [0.25, 0.3) is 0 Å². The van der Waals surface area contributed by atoms with Crippen LogP contribution in [0, 0.1) is 0 Å². The maximum absolute atomic E-state index is 11.2. The summed E-state index contributed by atoms with van der Waals surface area (Å²) in [5.74, 6) is -1.15. The second-order valence-electron chi connectivity index (χ2n) is 3.16. The molecule has 6 heteroatoms. The van der Waals surface area contributed by atoms with Gasteiger partial charge in [0.2, 0.25) is 0 Å². The van der Waals surface area contributed by atoms with E-state index in [0.717, 1.165) is 0 Å². The Balaban J connectivity index is 3.86. The molecule has 16 heavy (non-hydrogen) atoms. The third kappa shape index (κ3) is 6.83. The largest absolute Gasteiger partial charge is 0.480 e. The molecule has 0 radical (unpaired) electrons. The molecule has 0 aromatic heterocycles. The Morgan fingerprint density at radius 3 is 2.62 bits per heavy atom. The molecule has 0 aliphatic carbocycles. The predicted octanol–water partition coefficient (Wildman–Crippen LogP) is 0.0874. The van der Waals surface area contributed by atoms with Crippen LogP contribution in [0.1, 0.15) is 19.8 Å². The highest BCUT2D eigenvalue weighted by atomic mass is 16.4. The van der Waals surface area contributed by atoms with Gasteiger partial charge in [-0.1, -0.05) is 12.2 Å². The van der Waals surface area contributed by atoms with Gasteiger partial charge in [0.1, 0.15) is 6.04 Å². The number of amides is 2. The van der Waals surface area contributed by atoms with Crippen molar-refractivity contribution in [1.29, 1.82) is 0 Å². The van der Waals surface area contributed by atoms with Crippen LogP contribution in [0.4, 0.5) is 4.79 Å². The molecular weight excluding hydrogens is 212 g/mol. The van der Waals surface area contributed by atoms with E-state index in [-0.39, 0.29) is 13.0 Å². The van der Waals surface area contributed by atoms with Gasteiger partial charge in [0, 0.05) is 19.6 Å². The summed E-state index contributed by atoms with van der Waals surface area (Å²) < 4.78 is 0. The number of carboxylic acid groups (broad SMARTS) is 1. The number of aliphatic hydroxyl groups excluding tert-OH is 1. The van der Waals surface area contributed by atoms with E-state index in [1.54, 1.807) is 0 Å². The van der Waals surface area contributed by atoms with E-state index in [0.29, 0.717) is 13.0 Å². The maximum Gasteiger partial charge on any atom is 0.326 e. The van der Waals surface area contributed by atoms with Crippen molar-refractivity contribution >= 4 is 12.0 Å². The first-order valence-corrected chi connectivity index (χ1v) is 5.11. The number of hydrogen-bond donors (Lipinski definition) is 4. The summed E-state index contributed by atoms with van der Waals surface area (Å²) in [5.41, 5.74) is 0. The van der Waals surface area contributed by atoms with Gasteiger partial charge in [-0.25, -0.2) is 9.59 Å². The summed E-state index contributed by atoms with van der Waals surface area (Å²) in [5, 5.41) is 22.1. The first kappa shape index (κ1) is 14.4. The maximum atomic E-state index is 11.2. The fraction of sp³-hybridized carbons (Fsp3) is 0.600. The Bertz CT molecular complexity index is 253. The molecule has 0 aromatic rings. The summed E-state index contributed by atoms with van der Waals surface area (Å²) in [6.07, 6.45) is 4.45. The van der Waals surface area contributed by atoms with E-state index >= 15 is 0 Å². The van der Waals surface area contributed by atoms with E-state index in [4.69, 9.17) is 10.2 Å². The number of carbonyl (C=O) groups is 2. The summed E-state index contributed by atoms with van der Waals surface area (Å²) in [7, 11) is 0. The number of carbonyl (C=O) groups excluding carboxylic acids is 1. The molecule has 92 valence electrons. The van der Waals surface area contributed by atoms with Crippen LogP contribution >= 0.6 is 0 Å². The molecule has 4 N–H and O–H groups in total. The summed E-state index contributed by atoms with van der Waals surface area (Å²) in [6.45, 7) is 2.04. The Labute approximate surface area is 94.3 Å². The molecule has 0 heterocycles. The van der Waals surface area contributed by atoms with E-state index in [9.17, 15) is 9.59 Å². The van der Waals surface area contributed by atoms with E-state index in [1.165, 1.54) is 0 Å². The molecule has 2 amide bonds. The fourth-order valence-corrected chi connectivity index (χ4v) is 1.03. The first-order chi connectivity index (χ1) is 7.61. The Morgan fingerprint density at radius 1 is 1.44 bits per heavy atom. The molecule has 0 bridgehead atoms. The lowest BCUT2D eigenvalue weighted by molar-refractivity contribution is -0.139. The minimum Gasteiger partial charge on any atom is -0.480 e. The predicted molar refractivity (Wildman–Crippen MR) is 59.1 cm³/mol. The number of aliphatic carboxylic acids is 1. The number of carboxylic acids is 1. The molecule has 0 aliphatic rings. The molecule has 0 saturated heterocycles. The highest BCUT2D eigenvalue weighted by molar-refractivity contribution is 5.82. The summed E-state index contributed by atoms with van der Waals surface area (Å²) >= 11 is 0. The third-order valence-corrected chi connectivity index (χ3v) is 1.85. The number of rotatable bonds is 7. The van der Waals surface area contributed by atoms with Crippen LogP contribution in [-0.4, -0.2) is 41.4 Å². The van der Waals surface area contributed by atoms with Crippen molar-refractivity contribution in [2.75, 3.05) is 13.2 Å². The number of aliphatic hydroxyl groups is 1. The van der Waals surface area contributed by atoms with Gasteiger partial charge in [-0.3, -0.25) is 0 Å². The molecule has 0 aromatic carbocycles. The molecule has 6 nitrogen and oxygen atoms in total. The SMILES string of the molecule is C/C=C/CCNC(=O)N[C@H](CCO)C(=O)O. The van der Waals surface area contributed by atoms with E-state index in [1.807, 2.05) is 19.1 Å². The van der Waals surface area contributed by atoms with Crippen molar-refractivity contribution in [3.63, 3.8) is 0 Å². The zero-order valence-corrected chi connectivity index (χ0v) is 9.27. The highest BCUT2D eigenvalue weighted by Crippen LogP contribution is 1.91. The minimum atomic E-state index is -1.15. The molecular formula is C10H18N2O4. The van der Waals surface area contributed by atoms with Crippen molar-refractivity contribution in [2.45, 2.75) is 25.8 Å². The topological polar surface area (TPSA) is 98.7 Å². The van der Waals surface area contributed by atoms with Crippen molar-refractivity contribution in [2.24, 2.45) is 0 Å². The van der Waals surface area contributed by atoms with Crippen LogP contribution in [0.2, 0.25) is 0 Å². The molecule has 0 aliphatic heterocycles. The second-order valence-corrected chi connectivity index (χ2v) is 3.16. The Kier molecular flexibility index (Phi) is 7.87. The lowest BCUT2D eigenvalue weighted by Crippen LogP contribution is -2.46. The van der Waals surface area contributed by atoms with Crippen LogP contribution in [0.15, 0.2) is 12.2 Å². The molecule has 0 spiro atoms. The molecule has 0 unspecified atom stereocenters. The number of nitrogens with one attached hydrogen (secondary N) is 2.